The van der Waals surface area contributed by atoms with E-state index in [1.54, 1.807) is 12.4 Å². The Morgan fingerprint density at radius 3 is 3.06 bits per heavy atom. The molecule has 6 heteroatoms. The van der Waals surface area contributed by atoms with Crippen molar-refractivity contribution >= 4 is 11.6 Å². The smallest absolute Gasteiger partial charge is 0.141 e. The maximum Gasteiger partial charge on any atom is 0.141 e. The lowest BCUT2D eigenvalue weighted by atomic mass is 10.1. The standard InChI is InChI=1S/C11H14ClN5/c1-2-14-10(11-15-7-16-17-11)5-8-3-4-13-6-9(8)12/h3-4,6-7,10,14H,2,5H2,1H3,(H,15,16,17). The van der Waals surface area contributed by atoms with Crippen molar-refractivity contribution in [2.75, 3.05) is 6.54 Å². The van der Waals surface area contributed by atoms with Crippen LogP contribution in [0.15, 0.2) is 24.8 Å². The zero-order valence-electron chi connectivity index (χ0n) is 9.52. The van der Waals surface area contributed by atoms with Crippen molar-refractivity contribution in [1.82, 2.24) is 25.5 Å². The van der Waals surface area contributed by atoms with Gasteiger partial charge in [0.2, 0.25) is 0 Å². The van der Waals surface area contributed by atoms with Gasteiger partial charge in [-0.2, -0.15) is 5.10 Å². The Balaban J connectivity index is 2.16. The van der Waals surface area contributed by atoms with E-state index in [9.17, 15) is 0 Å². The molecule has 1 unspecified atom stereocenters. The number of likely N-dealkylation sites (N-methyl/N-ethyl adjacent to an activating group) is 1. The molecular formula is C11H14ClN5. The molecule has 0 amide bonds. The molecule has 5 nitrogen and oxygen atoms in total. The van der Waals surface area contributed by atoms with E-state index in [0.717, 1.165) is 24.4 Å². The van der Waals surface area contributed by atoms with Crippen LogP contribution in [-0.2, 0) is 6.42 Å². The fraction of sp³-hybridized carbons (Fsp3) is 0.364. The third-order valence-electron chi connectivity index (χ3n) is 2.49. The van der Waals surface area contributed by atoms with Crippen LogP contribution in [0.1, 0.15) is 24.4 Å². The van der Waals surface area contributed by atoms with Crippen molar-refractivity contribution < 1.29 is 0 Å². The summed E-state index contributed by atoms with van der Waals surface area (Å²) in [5.74, 6) is 0.819. The van der Waals surface area contributed by atoms with Gasteiger partial charge < -0.3 is 5.32 Å². The monoisotopic (exact) mass is 251 g/mol. The first-order valence-corrected chi connectivity index (χ1v) is 5.86. The number of hydrogen-bond acceptors (Lipinski definition) is 4. The van der Waals surface area contributed by atoms with Crippen LogP contribution < -0.4 is 5.32 Å². The van der Waals surface area contributed by atoms with Gasteiger partial charge in [0.15, 0.2) is 0 Å². The molecule has 0 aromatic carbocycles. The number of pyridine rings is 1. The van der Waals surface area contributed by atoms with E-state index in [-0.39, 0.29) is 6.04 Å². The second kappa shape index (κ2) is 5.75. The number of aromatic nitrogens is 4. The molecule has 2 aromatic heterocycles. The Morgan fingerprint density at radius 1 is 1.53 bits per heavy atom. The first-order chi connectivity index (χ1) is 8.31. The fourth-order valence-corrected chi connectivity index (χ4v) is 1.88. The zero-order valence-corrected chi connectivity index (χ0v) is 10.3. The molecular weight excluding hydrogens is 238 g/mol. The molecule has 2 aromatic rings. The highest BCUT2D eigenvalue weighted by molar-refractivity contribution is 6.31. The lowest BCUT2D eigenvalue weighted by molar-refractivity contribution is 0.523. The van der Waals surface area contributed by atoms with E-state index in [2.05, 4.69) is 32.4 Å². The summed E-state index contributed by atoms with van der Waals surface area (Å²) < 4.78 is 0. The van der Waals surface area contributed by atoms with E-state index in [0.29, 0.717) is 5.02 Å². The molecule has 0 radical (unpaired) electrons. The molecule has 0 saturated heterocycles. The minimum absolute atomic E-state index is 0.0856. The van der Waals surface area contributed by atoms with E-state index in [1.807, 2.05) is 6.07 Å². The number of aromatic amines is 1. The first kappa shape index (κ1) is 12.0. The van der Waals surface area contributed by atoms with Gasteiger partial charge in [-0.25, -0.2) is 4.98 Å². The second-order valence-corrected chi connectivity index (χ2v) is 4.06. The summed E-state index contributed by atoms with van der Waals surface area (Å²) in [7, 11) is 0. The number of nitrogens with zero attached hydrogens (tertiary/aromatic N) is 3. The second-order valence-electron chi connectivity index (χ2n) is 3.65. The van der Waals surface area contributed by atoms with Gasteiger partial charge in [0.25, 0.3) is 0 Å². The minimum atomic E-state index is 0.0856. The largest absolute Gasteiger partial charge is 0.307 e. The number of nitrogens with one attached hydrogen (secondary N) is 2. The molecule has 0 aliphatic rings. The molecule has 0 saturated carbocycles. The van der Waals surface area contributed by atoms with Crippen molar-refractivity contribution in [2.24, 2.45) is 0 Å². The third kappa shape index (κ3) is 3.01. The van der Waals surface area contributed by atoms with Gasteiger partial charge in [0.1, 0.15) is 12.2 Å². The average molecular weight is 252 g/mol. The van der Waals surface area contributed by atoms with E-state index >= 15 is 0 Å². The molecule has 90 valence electrons. The molecule has 0 aliphatic carbocycles. The van der Waals surface area contributed by atoms with E-state index in [1.165, 1.54) is 6.33 Å². The molecule has 0 bridgehead atoms. The van der Waals surface area contributed by atoms with Crippen molar-refractivity contribution in [3.8, 4) is 0 Å². The Morgan fingerprint density at radius 2 is 2.41 bits per heavy atom. The number of halogens is 1. The summed E-state index contributed by atoms with van der Waals surface area (Å²) in [6.07, 6.45) is 5.66. The van der Waals surface area contributed by atoms with Gasteiger partial charge in [-0.1, -0.05) is 18.5 Å². The van der Waals surface area contributed by atoms with Crippen molar-refractivity contribution in [3.63, 3.8) is 0 Å². The number of rotatable bonds is 5. The summed E-state index contributed by atoms with van der Waals surface area (Å²) in [5.41, 5.74) is 1.05. The third-order valence-corrected chi connectivity index (χ3v) is 2.84. The zero-order chi connectivity index (χ0) is 12.1. The molecule has 2 heterocycles. The predicted molar refractivity (Wildman–Crippen MR) is 65.8 cm³/mol. The van der Waals surface area contributed by atoms with Gasteiger partial charge in [-0.3, -0.25) is 10.1 Å². The van der Waals surface area contributed by atoms with Gasteiger partial charge in [-0.05, 0) is 24.6 Å². The van der Waals surface area contributed by atoms with Crippen LogP contribution in [0.2, 0.25) is 5.02 Å². The predicted octanol–water partition coefficient (Wildman–Crippen LogP) is 1.75. The quantitative estimate of drug-likeness (QED) is 0.850. The highest BCUT2D eigenvalue weighted by Crippen LogP contribution is 2.20. The Kier molecular flexibility index (Phi) is 4.06. The minimum Gasteiger partial charge on any atom is -0.307 e. The van der Waals surface area contributed by atoms with E-state index in [4.69, 9.17) is 11.6 Å². The van der Waals surface area contributed by atoms with Gasteiger partial charge in [-0.15, -0.1) is 0 Å². The van der Waals surface area contributed by atoms with Crippen molar-refractivity contribution in [3.05, 3.63) is 41.2 Å². The summed E-state index contributed by atoms with van der Waals surface area (Å²) in [4.78, 5) is 8.15. The summed E-state index contributed by atoms with van der Waals surface area (Å²) in [5, 5.41) is 10.8. The van der Waals surface area contributed by atoms with Crippen LogP contribution >= 0.6 is 11.6 Å². The van der Waals surface area contributed by atoms with Gasteiger partial charge >= 0.3 is 0 Å². The highest BCUT2D eigenvalue weighted by atomic mass is 35.5. The van der Waals surface area contributed by atoms with Crippen LogP contribution in [0.25, 0.3) is 0 Å². The summed E-state index contributed by atoms with van der Waals surface area (Å²) in [6.45, 7) is 2.91. The maximum atomic E-state index is 6.09. The van der Waals surface area contributed by atoms with Gasteiger partial charge in [0.05, 0.1) is 11.1 Å². The molecule has 0 spiro atoms. The summed E-state index contributed by atoms with van der Waals surface area (Å²) in [6, 6.07) is 2.01. The van der Waals surface area contributed by atoms with Crippen LogP contribution in [0.5, 0.6) is 0 Å². The molecule has 0 aliphatic heterocycles. The number of hydrogen-bond donors (Lipinski definition) is 2. The molecule has 2 rings (SSSR count). The lowest BCUT2D eigenvalue weighted by Gasteiger charge is -2.15. The molecule has 0 fully saturated rings. The molecule has 2 N–H and O–H groups in total. The Hall–Kier alpha value is -1.46. The normalized spacial score (nSPS) is 12.6. The average Bonchev–Trinajstić information content (AvgIpc) is 2.85. The van der Waals surface area contributed by atoms with Crippen molar-refractivity contribution in [2.45, 2.75) is 19.4 Å². The molecule has 1 atom stereocenters. The SMILES string of the molecule is CCNC(Cc1ccncc1Cl)c1ncn[nH]1. The highest BCUT2D eigenvalue weighted by Gasteiger charge is 2.15. The summed E-state index contributed by atoms with van der Waals surface area (Å²) >= 11 is 6.09. The van der Waals surface area contributed by atoms with Gasteiger partial charge in [0, 0.05) is 12.4 Å². The van der Waals surface area contributed by atoms with Crippen LogP contribution in [0.4, 0.5) is 0 Å². The van der Waals surface area contributed by atoms with Crippen LogP contribution in [0.3, 0.4) is 0 Å². The fourth-order valence-electron chi connectivity index (χ4n) is 1.68. The van der Waals surface area contributed by atoms with E-state index < -0.39 is 0 Å². The Labute approximate surface area is 105 Å². The number of H-pyrrole nitrogens is 1. The van der Waals surface area contributed by atoms with Crippen LogP contribution in [0, 0.1) is 0 Å². The first-order valence-electron chi connectivity index (χ1n) is 5.48. The maximum absolute atomic E-state index is 6.09. The Bertz CT molecular complexity index is 457. The van der Waals surface area contributed by atoms with Crippen molar-refractivity contribution in [1.29, 1.82) is 0 Å². The van der Waals surface area contributed by atoms with Crippen LogP contribution in [-0.4, -0.2) is 26.7 Å². The lowest BCUT2D eigenvalue weighted by Crippen LogP contribution is -2.24. The molecule has 17 heavy (non-hydrogen) atoms. The topological polar surface area (TPSA) is 66.5 Å².